The fourth-order valence-electron chi connectivity index (χ4n) is 3.99. The summed E-state index contributed by atoms with van der Waals surface area (Å²) in [4.78, 5) is 5.25. The first-order valence-corrected chi connectivity index (χ1v) is 9.04. The molecule has 0 saturated carbocycles. The molecule has 2 aliphatic rings. The molecule has 2 atom stereocenters. The van der Waals surface area contributed by atoms with Crippen molar-refractivity contribution in [1.82, 2.24) is 9.80 Å². The zero-order valence-electron chi connectivity index (χ0n) is 14.2. The van der Waals surface area contributed by atoms with Crippen LogP contribution in [0.25, 0.3) is 0 Å². The predicted molar refractivity (Wildman–Crippen MR) is 91.2 cm³/mol. The molecule has 0 N–H and O–H groups in total. The maximum absolute atomic E-state index is 13.0. The summed E-state index contributed by atoms with van der Waals surface area (Å²) >= 11 is 0. The number of likely N-dealkylation sites (tertiary alicyclic amines) is 1. The van der Waals surface area contributed by atoms with E-state index in [1.165, 1.54) is 31.4 Å². The third kappa shape index (κ3) is 4.52. The van der Waals surface area contributed by atoms with Gasteiger partial charge in [0.2, 0.25) is 0 Å². The summed E-state index contributed by atoms with van der Waals surface area (Å²) in [6.07, 6.45) is 4.94. The quantitative estimate of drug-likeness (QED) is 0.829. The Kier molecular flexibility index (Phi) is 6.03. The van der Waals surface area contributed by atoms with Crippen LogP contribution >= 0.6 is 0 Å². The number of hydrogen-bond donors (Lipinski definition) is 0. The molecule has 0 radical (unpaired) electrons. The molecule has 2 saturated heterocycles. The van der Waals surface area contributed by atoms with Crippen LogP contribution in [0, 0.1) is 5.82 Å². The minimum Gasteiger partial charge on any atom is -0.379 e. The highest BCUT2D eigenvalue weighted by molar-refractivity contribution is 5.16. The lowest BCUT2D eigenvalue weighted by Crippen LogP contribution is -2.55. The van der Waals surface area contributed by atoms with Gasteiger partial charge in [0.05, 0.1) is 13.2 Å². The lowest BCUT2D eigenvalue weighted by Gasteiger charge is -2.44. The zero-order valence-corrected chi connectivity index (χ0v) is 14.2. The van der Waals surface area contributed by atoms with Crippen molar-refractivity contribution in [2.45, 2.75) is 44.7 Å². The third-order valence-corrected chi connectivity index (χ3v) is 5.44. The van der Waals surface area contributed by atoms with Gasteiger partial charge in [-0.1, -0.05) is 18.6 Å². The second kappa shape index (κ2) is 8.22. The van der Waals surface area contributed by atoms with E-state index in [2.05, 4.69) is 16.7 Å². The van der Waals surface area contributed by atoms with Crippen LogP contribution in [0.15, 0.2) is 24.3 Å². The number of benzene rings is 1. The lowest BCUT2D eigenvalue weighted by atomic mass is 9.94. The molecular weight excluding hydrogens is 291 g/mol. The van der Waals surface area contributed by atoms with E-state index in [-0.39, 0.29) is 5.82 Å². The van der Waals surface area contributed by atoms with Crippen LogP contribution < -0.4 is 0 Å². The number of nitrogens with zero attached hydrogens (tertiary/aromatic N) is 2. The molecule has 128 valence electrons. The number of ether oxygens (including phenoxy) is 1. The number of hydrogen-bond acceptors (Lipinski definition) is 3. The van der Waals surface area contributed by atoms with Crippen molar-refractivity contribution in [3.63, 3.8) is 0 Å². The highest BCUT2D eigenvalue weighted by atomic mass is 19.1. The van der Waals surface area contributed by atoms with E-state index in [0.29, 0.717) is 12.1 Å². The Morgan fingerprint density at radius 2 is 1.87 bits per heavy atom. The number of rotatable bonds is 5. The fraction of sp³-hybridized carbons (Fsp3) is 0.684. The molecule has 0 bridgehead atoms. The summed E-state index contributed by atoms with van der Waals surface area (Å²) in [7, 11) is 0. The minimum absolute atomic E-state index is 0.148. The highest BCUT2D eigenvalue weighted by Crippen LogP contribution is 2.23. The van der Waals surface area contributed by atoms with Crippen LogP contribution in [0.3, 0.4) is 0 Å². The molecule has 0 aromatic heterocycles. The van der Waals surface area contributed by atoms with Gasteiger partial charge in [-0.3, -0.25) is 9.80 Å². The summed E-state index contributed by atoms with van der Waals surface area (Å²) in [6.45, 7) is 8.50. The van der Waals surface area contributed by atoms with Gasteiger partial charge >= 0.3 is 0 Å². The van der Waals surface area contributed by atoms with Gasteiger partial charge < -0.3 is 4.74 Å². The second-order valence-corrected chi connectivity index (χ2v) is 6.86. The normalized spacial score (nSPS) is 25.4. The highest BCUT2D eigenvalue weighted by Gasteiger charge is 2.31. The third-order valence-electron chi connectivity index (χ3n) is 5.44. The Labute approximate surface area is 139 Å². The van der Waals surface area contributed by atoms with Crippen LogP contribution in [0.2, 0.25) is 0 Å². The van der Waals surface area contributed by atoms with Gasteiger partial charge in [-0.25, -0.2) is 4.39 Å². The molecule has 2 unspecified atom stereocenters. The van der Waals surface area contributed by atoms with E-state index >= 15 is 0 Å². The van der Waals surface area contributed by atoms with E-state index in [9.17, 15) is 4.39 Å². The number of morpholine rings is 1. The average molecular weight is 320 g/mol. The van der Waals surface area contributed by atoms with Crippen LogP contribution in [-0.2, 0) is 11.2 Å². The number of halogens is 1. The molecule has 0 spiro atoms. The molecule has 4 heteroatoms. The molecule has 2 heterocycles. The molecule has 1 aromatic rings. The zero-order chi connectivity index (χ0) is 16.1. The van der Waals surface area contributed by atoms with Crippen molar-refractivity contribution in [3.8, 4) is 0 Å². The Morgan fingerprint density at radius 1 is 1.13 bits per heavy atom. The first kappa shape index (κ1) is 16.9. The largest absolute Gasteiger partial charge is 0.379 e. The van der Waals surface area contributed by atoms with Crippen molar-refractivity contribution >= 4 is 0 Å². The average Bonchev–Trinajstić information content (AvgIpc) is 2.62. The molecule has 2 fully saturated rings. The Morgan fingerprint density at radius 3 is 2.61 bits per heavy atom. The van der Waals surface area contributed by atoms with Crippen LogP contribution in [0.5, 0.6) is 0 Å². The first-order chi connectivity index (χ1) is 11.2. The van der Waals surface area contributed by atoms with E-state index in [1.807, 2.05) is 12.1 Å². The number of piperidine rings is 1. The second-order valence-electron chi connectivity index (χ2n) is 6.86. The summed E-state index contributed by atoms with van der Waals surface area (Å²) < 4.78 is 18.5. The fourth-order valence-corrected chi connectivity index (χ4v) is 3.99. The van der Waals surface area contributed by atoms with Gasteiger partial charge in [-0.2, -0.15) is 0 Å². The van der Waals surface area contributed by atoms with E-state index in [4.69, 9.17) is 4.74 Å². The molecule has 3 nitrogen and oxygen atoms in total. The Hall–Kier alpha value is -0.970. The predicted octanol–water partition coefficient (Wildman–Crippen LogP) is 2.94. The topological polar surface area (TPSA) is 15.7 Å². The van der Waals surface area contributed by atoms with E-state index in [1.54, 1.807) is 12.1 Å². The van der Waals surface area contributed by atoms with Crippen molar-refractivity contribution in [3.05, 3.63) is 35.6 Å². The SMILES string of the molecule is CC(C1CCCCN1CCc1ccc(F)cc1)N1CCOCC1. The van der Waals surface area contributed by atoms with Gasteiger partial charge in [0, 0.05) is 31.7 Å². The van der Waals surface area contributed by atoms with Gasteiger partial charge in [0.15, 0.2) is 0 Å². The molecular formula is C19H29FN2O. The maximum atomic E-state index is 13.0. The van der Waals surface area contributed by atoms with Gasteiger partial charge in [0.1, 0.15) is 5.82 Å². The summed E-state index contributed by atoms with van der Waals surface area (Å²) in [6, 6.07) is 8.20. The first-order valence-electron chi connectivity index (χ1n) is 9.04. The summed E-state index contributed by atoms with van der Waals surface area (Å²) in [5.74, 6) is -0.148. The van der Waals surface area contributed by atoms with Gasteiger partial charge in [-0.15, -0.1) is 0 Å². The van der Waals surface area contributed by atoms with Crippen LogP contribution in [0.1, 0.15) is 31.7 Å². The molecule has 0 amide bonds. The molecule has 23 heavy (non-hydrogen) atoms. The molecule has 0 aliphatic carbocycles. The Balaban J connectivity index is 1.58. The molecule has 2 aliphatic heterocycles. The standard InChI is InChI=1S/C19H29FN2O/c1-16(21-12-14-23-15-13-21)19-4-2-3-10-22(19)11-9-17-5-7-18(20)8-6-17/h5-8,16,19H,2-4,9-15H2,1H3. The van der Waals surface area contributed by atoms with Gasteiger partial charge in [-0.05, 0) is 50.4 Å². The van der Waals surface area contributed by atoms with E-state index in [0.717, 1.165) is 39.3 Å². The summed E-state index contributed by atoms with van der Waals surface area (Å²) in [5.41, 5.74) is 1.23. The van der Waals surface area contributed by atoms with Crippen molar-refractivity contribution in [2.24, 2.45) is 0 Å². The maximum Gasteiger partial charge on any atom is 0.123 e. The van der Waals surface area contributed by atoms with Crippen molar-refractivity contribution in [1.29, 1.82) is 0 Å². The smallest absolute Gasteiger partial charge is 0.123 e. The minimum atomic E-state index is -0.148. The van der Waals surface area contributed by atoms with Crippen LogP contribution in [0.4, 0.5) is 4.39 Å². The van der Waals surface area contributed by atoms with Crippen molar-refractivity contribution < 1.29 is 9.13 Å². The van der Waals surface area contributed by atoms with Gasteiger partial charge in [0.25, 0.3) is 0 Å². The molecule has 1 aromatic carbocycles. The lowest BCUT2D eigenvalue weighted by molar-refractivity contribution is -0.0115. The Bertz CT molecular complexity index is 473. The van der Waals surface area contributed by atoms with E-state index < -0.39 is 0 Å². The summed E-state index contributed by atoms with van der Waals surface area (Å²) in [5, 5.41) is 0. The van der Waals surface area contributed by atoms with Crippen LogP contribution in [-0.4, -0.2) is 61.3 Å². The monoisotopic (exact) mass is 320 g/mol. The molecule has 3 rings (SSSR count). The van der Waals surface area contributed by atoms with Crippen molar-refractivity contribution in [2.75, 3.05) is 39.4 Å².